The molecule has 0 aliphatic carbocycles. The van der Waals surface area contributed by atoms with Crippen molar-refractivity contribution in [3.63, 3.8) is 0 Å². The Morgan fingerprint density at radius 3 is 2.05 bits per heavy atom. The van der Waals surface area contributed by atoms with Gasteiger partial charge in [0.15, 0.2) is 0 Å². The number of aromatic nitrogens is 2. The number of carboxylic acids is 1. The molecule has 120 valence electrons. The van der Waals surface area contributed by atoms with E-state index in [4.69, 9.17) is 9.84 Å². The molecule has 0 amide bonds. The van der Waals surface area contributed by atoms with Crippen LogP contribution in [0.25, 0.3) is 0 Å². The summed E-state index contributed by atoms with van der Waals surface area (Å²) in [5, 5.41) is 8.81. The van der Waals surface area contributed by atoms with Gasteiger partial charge in [-0.3, -0.25) is 0 Å². The molecule has 0 aliphatic heterocycles. The molecule has 1 heterocycles. The fourth-order valence-corrected chi connectivity index (χ4v) is 1.05. The SMILES string of the molecule is CCOC(C(=O)O)n1cc[n+](C)c1.F[P-](F)(F)(F)(F)F. The number of carboxylic acid groups (broad SMARTS) is 1. The average Bonchev–Trinajstić information content (AvgIpc) is 2.55. The summed E-state index contributed by atoms with van der Waals surface area (Å²) in [6, 6.07) is 0. The van der Waals surface area contributed by atoms with Crippen LogP contribution in [0.3, 0.4) is 0 Å². The summed E-state index contributed by atoms with van der Waals surface area (Å²) >= 11 is 0. The topological polar surface area (TPSA) is 55.3 Å². The molecule has 0 radical (unpaired) electrons. The van der Waals surface area contributed by atoms with Crippen LogP contribution in [0.4, 0.5) is 25.2 Å². The summed E-state index contributed by atoms with van der Waals surface area (Å²) < 4.78 is 67.5. The second-order valence-electron chi connectivity index (χ2n) is 3.63. The quantitative estimate of drug-likeness (QED) is 0.523. The van der Waals surface area contributed by atoms with E-state index >= 15 is 0 Å². The van der Waals surface area contributed by atoms with Gasteiger partial charge in [-0.15, -0.1) is 0 Å². The Morgan fingerprint density at radius 1 is 1.35 bits per heavy atom. The maximum absolute atomic E-state index is 10.7. The van der Waals surface area contributed by atoms with Crippen LogP contribution in [-0.4, -0.2) is 22.2 Å². The molecule has 0 fully saturated rings. The van der Waals surface area contributed by atoms with Crippen LogP contribution in [0.5, 0.6) is 0 Å². The summed E-state index contributed by atoms with van der Waals surface area (Å²) in [5.41, 5.74) is 0. The molecule has 1 aromatic heterocycles. The van der Waals surface area contributed by atoms with E-state index in [1.54, 1.807) is 30.2 Å². The van der Waals surface area contributed by atoms with E-state index in [1.165, 1.54) is 4.57 Å². The van der Waals surface area contributed by atoms with Crippen LogP contribution in [0.15, 0.2) is 18.7 Å². The van der Waals surface area contributed by atoms with E-state index in [0.29, 0.717) is 6.61 Å². The van der Waals surface area contributed by atoms with E-state index in [0.717, 1.165) is 0 Å². The zero-order chi connectivity index (χ0) is 16.3. The number of hydrogen-bond donors (Lipinski definition) is 1. The van der Waals surface area contributed by atoms with Crippen molar-refractivity contribution in [3.05, 3.63) is 18.7 Å². The van der Waals surface area contributed by atoms with Crippen LogP contribution in [-0.2, 0) is 16.6 Å². The molecular formula is C8H13F6N2O3P. The molecule has 5 nitrogen and oxygen atoms in total. The number of hydrogen-bond acceptors (Lipinski definition) is 2. The fourth-order valence-electron chi connectivity index (χ4n) is 1.05. The first-order valence-corrected chi connectivity index (χ1v) is 7.06. The average molecular weight is 330 g/mol. The van der Waals surface area contributed by atoms with Gasteiger partial charge in [0.05, 0.1) is 7.05 Å². The van der Waals surface area contributed by atoms with Gasteiger partial charge in [-0.25, -0.2) is 9.36 Å². The summed E-state index contributed by atoms with van der Waals surface area (Å²) in [5.74, 6) is -0.988. The van der Waals surface area contributed by atoms with Crippen molar-refractivity contribution >= 4 is 13.8 Å². The van der Waals surface area contributed by atoms with E-state index < -0.39 is 20.0 Å². The van der Waals surface area contributed by atoms with Crippen molar-refractivity contribution in [1.29, 1.82) is 0 Å². The van der Waals surface area contributed by atoms with E-state index in [2.05, 4.69) is 0 Å². The number of aliphatic carboxylic acids is 1. The van der Waals surface area contributed by atoms with Gasteiger partial charge in [-0.2, -0.15) is 4.57 Å². The number of imidazole rings is 1. The Labute approximate surface area is 109 Å². The maximum atomic E-state index is 10.7. The summed E-state index contributed by atoms with van der Waals surface area (Å²) in [4.78, 5) is 10.7. The zero-order valence-electron chi connectivity index (χ0n) is 10.4. The number of ether oxygens (including phenoxy) is 1. The summed E-state index contributed by atoms with van der Waals surface area (Å²) in [7, 11) is -8.84. The standard InChI is InChI=1S/C8H12N2O3.F6P/c1-3-13-7(8(11)12)10-5-4-9(2)6-10;1-7(2,3,4,5)6/h4-7H,3H2,1-2H3;/q;-1/p+1. The third-order valence-corrected chi connectivity index (χ3v) is 1.60. The molecular weight excluding hydrogens is 317 g/mol. The van der Waals surface area contributed by atoms with E-state index in [1.807, 2.05) is 7.05 Å². The Bertz CT molecular complexity index is 460. The van der Waals surface area contributed by atoms with Crippen molar-refractivity contribution in [2.45, 2.75) is 13.2 Å². The zero-order valence-corrected chi connectivity index (χ0v) is 11.3. The van der Waals surface area contributed by atoms with Gasteiger partial charge in [0.1, 0.15) is 12.4 Å². The Balaban J connectivity index is 0.000000441. The second kappa shape index (κ2) is 5.21. The monoisotopic (exact) mass is 330 g/mol. The van der Waals surface area contributed by atoms with Crippen LogP contribution >= 0.6 is 7.81 Å². The molecule has 0 bridgehead atoms. The molecule has 0 aromatic carbocycles. The second-order valence-corrected chi connectivity index (χ2v) is 5.55. The molecule has 0 saturated heterocycles. The minimum atomic E-state index is -10.7. The van der Waals surface area contributed by atoms with Crippen molar-refractivity contribution < 1.29 is 44.4 Å². The molecule has 12 heteroatoms. The van der Waals surface area contributed by atoms with Gasteiger partial charge in [0.25, 0.3) is 0 Å². The molecule has 1 atom stereocenters. The Kier molecular flexibility index (Phi) is 4.86. The Morgan fingerprint density at radius 2 is 1.80 bits per heavy atom. The molecule has 1 aromatic rings. The molecule has 0 aliphatic rings. The predicted molar refractivity (Wildman–Crippen MR) is 57.5 cm³/mol. The van der Waals surface area contributed by atoms with Crippen molar-refractivity contribution in [2.24, 2.45) is 7.05 Å². The predicted octanol–water partition coefficient (Wildman–Crippen LogP) is 3.31. The van der Waals surface area contributed by atoms with Crippen molar-refractivity contribution in [3.8, 4) is 0 Å². The first-order chi connectivity index (χ1) is 8.60. The fraction of sp³-hybridized carbons (Fsp3) is 0.500. The third-order valence-electron chi connectivity index (χ3n) is 1.60. The van der Waals surface area contributed by atoms with Gasteiger partial charge in [0, 0.05) is 6.61 Å². The van der Waals surface area contributed by atoms with Crippen molar-refractivity contribution in [2.75, 3.05) is 6.61 Å². The number of nitrogens with zero attached hydrogens (tertiary/aromatic N) is 2. The summed E-state index contributed by atoms with van der Waals surface area (Å²) in [6.07, 6.45) is 4.16. The van der Waals surface area contributed by atoms with Gasteiger partial charge >= 0.3 is 45.2 Å². The number of halogens is 6. The summed E-state index contributed by atoms with van der Waals surface area (Å²) in [6.45, 7) is 2.14. The van der Waals surface area contributed by atoms with Gasteiger partial charge in [-0.1, -0.05) is 0 Å². The molecule has 0 spiro atoms. The van der Waals surface area contributed by atoms with E-state index in [9.17, 15) is 30.0 Å². The third kappa shape index (κ3) is 11.7. The molecule has 0 saturated carbocycles. The van der Waals surface area contributed by atoms with E-state index in [-0.39, 0.29) is 0 Å². The molecule has 1 N–H and O–H groups in total. The van der Waals surface area contributed by atoms with Gasteiger partial charge < -0.3 is 9.84 Å². The number of aryl methyl sites for hydroxylation is 1. The minimum absolute atomic E-state index is 0.374. The molecule has 1 unspecified atom stereocenters. The van der Waals surface area contributed by atoms with Crippen LogP contribution in [0.2, 0.25) is 0 Å². The van der Waals surface area contributed by atoms with Gasteiger partial charge in [0.2, 0.25) is 6.33 Å². The van der Waals surface area contributed by atoms with Crippen LogP contribution in [0.1, 0.15) is 13.2 Å². The van der Waals surface area contributed by atoms with Crippen LogP contribution in [0, 0.1) is 0 Å². The van der Waals surface area contributed by atoms with Crippen LogP contribution < -0.4 is 4.57 Å². The Hall–Kier alpha value is -1.35. The van der Waals surface area contributed by atoms with Crippen molar-refractivity contribution in [1.82, 2.24) is 4.57 Å². The first-order valence-electron chi connectivity index (χ1n) is 5.03. The van der Waals surface area contributed by atoms with Gasteiger partial charge in [-0.05, 0) is 6.92 Å². The first kappa shape index (κ1) is 18.7. The number of rotatable bonds is 4. The molecule has 1 rings (SSSR count). The molecule has 20 heavy (non-hydrogen) atoms. The number of carbonyl (C=O) groups is 1. The normalized spacial score (nSPS) is 16.4.